The van der Waals surface area contributed by atoms with Gasteiger partial charge in [-0.05, 0) is 56.2 Å². The number of benzene rings is 1. The van der Waals surface area contributed by atoms with Crippen molar-refractivity contribution in [2.75, 3.05) is 19.6 Å². The number of halogens is 1. The Morgan fingerprint density at radius 3 is 2.60 bits per heavy atom. The summed E-state index contributed by atoms with van der Waals surface area (Å²) in [6, 6.07) is 9.72. The second kappa shape index (κ2) is 8.52. The summed E-state index contributed by atoms with van der Waals surface area (Å²) in [6.07, 6.45) is 5.90. The van der Waals surface area contributed by atoms with E-state index in [0.717, 1.165) is 13.0 Å². The first kappa shape index (κ1) is 19.9. The minimum atomic E-state index is -0.334. The molecule has 0 saturated carbocycles. The Kier molecular flexibility index (Phi) is 5.65. The molecule has 2 aromatic heterocycles. The number of aromatic nitrogens is 3. The Morgan fingerprint density at radius 1 is 1.20 bits per heavy atom. The summed E-state index contributed by atoms with van der Waals surface area (Å²) in [5.74, 6) is 0.223. The first-order valence-corrected chi connectivity index (χ1v) is 10.1. The van der Waals surface area contributed by atoms with Crippen LogP contribution in [0.3, 0.4) is 0 Å². The van der Waals surface area contributed by atoms with E-state index in [1.54, 1.807) is 23.7 Å². The van der Waals surface area contributed by atoms with Crippen LogP contribution in [0.5, 0.6) is 0 Å². The van der Waals surface area contributed by atoms with E-state index in [0.29, 0.717) is 48.7 Å². The molecule has 3 aromatic rings. The van der Waals surface area contributed by atoms with Gasteiger partial charge in [-0.15, -0.1) is 0 Å². The molecule has 4 rings (SSSR count). The van der Waals surface area contributed by atoms with Crippen molar-refractivity contribution >= 4 is 11.8 Å². The van der Waals surface area contributed by atoms with E-state index in [9.17, 15) is 14.0 Å². The number of hydrogen-bond acceptors (Lipinski definition) is 3. The molecule has 1 N–H and O–H groups in total. The summed E-state index contributed by atoms with van der Waals surface area (Å²) in [5, 5.41) is 7.50. The summed E-state index contributed by atoms with van der Waals surface area (Å²) in [4.78, 5) is 26.6. The predicted molar refractivity (Wildman–Crippen MR) is 110 cm³/mol. The molecule has 0 atom stereocenters. The average Bonchev–Trinajstić information content (AvgIpc) is 3.46. The summed E-state index contributed by atoms with van der Waals surface area (Å²) >= 11 is 0. The average molecular weight is 409 g/mol. The number of likely N-dealkylation sites (tertiary alicyclic amines) is 1. The van der Waals surface area contributed by atoms with Gasteiger partial charge in [0.05, 0.1) is 11.4 Å². The van der Waals surface area contributed by atoms with Crippen LogP contribution in [0.1, 0.15) is 35.3 Å². The highest BCUT2D eigenvalue weighted by Gasteiger charge is 2.24. The lowest BCUT2D eigenvalue weighted by Gasteiger charge is -2.15. The fourth-order valence-electron chi connectivity index (χ4n) is 3.76. The van der Waals surface area contributed by atoms with Gasteiger partial charge in [0, 0.05) is 38.4 Å². The molecule has 1 aliphatic heterocycles. The standard InChI is InChI=1S/C22H24FN5O2/c1-16-20(21(30)24-11-5-15-26-14-4-6-19(26)29)22(27-12-2-3-13-27)28(25-16)18-9-7-17(23)8-10-18/h2-3,7-10,12-13H,4-6,11,14-15H2,1H3,(H,24,30). The molecule has 0 bridgehead atoms. The number of nitrogens with one attached hydrogen (secondary N) is 1. The van der Waals surface area contributed by atoms with Gasteiger partial charge < -0.3 is 14.8 Å². The van der Waals surface area contributed by atoms with Gasteiger partial charge in [0.2, 0.25) is 5.91 Å². The van der Waals surface area contributed by atoms with Crippen LogP contribution in [0, 0.1) is 12.7 Å². The van der Waals surface area contributed by atoms with Crippen LogP contribution in [0.4, 0.5) is 4.39 Å². The van der Waals surface area contributed by atoms with Crippen LogP contribution in [0.15, 0.2) is 48.8 Å². The normalized spacial score (nSPS) is 13.8. The first-order valence-electron chi connectivity index (χ1n) is 10.1. The number of hydrogen-bond donors (Lipinski definition) is 1. The summed E-state index contributed by atoms with van der Waals surface area (Å²) in [5.41, 5.74) is 1.71. The Hall–Kier alpha value is -3.42. The minimum absolute atomic E-state index is 0.188. The maximum Gasteiger partial charge on any atom is 0.256 e. The molecule has 0 aliphatic carbocycles. The smallest absolute Gasteiger partial charge is 0.256 e. The van der Waals surface area contributed by atoms with Crippen LogP contribution >= 0.6 is 0 Å². The Bertz CT molecular complexity index is 1040. The quantitative estimate of drug-likeness (QED) is 0.610. The third kappa shape index (κ3) is 3.98. The highest BCUT2D eigenvalue weighted by atomic mass is 19.1. The molecule has 1 fully saturated rings. The van der Waals surface area contributed by atoms with Crippen LogP contribution < -0.4 is 5.32 Å². The van der Waals surface area contributed by atoms with Gasteiger partial charge in [-0.2, -0.15) is 5.10 Å². The predicted octanol–water partition coefficient (Wildman–Crippen LogP) is 2.85. The third-order valence-electron chi connectivity index (χ3n) is 5.25. The van der Waals surface area contributed by atoms with Gasteiger partial charge in [0.1, 0.15) is 11.4 Å². The molecule has 30 heavy (non-hydrogen) atoms. The number of nitrogens with zero attached hydrogens (tertiary/aromatic N) is 4. The second-order valence-corrected chi connectivity index (χ2v) is 7.36. The number of amides is 2. The molecule has 2 amide bonds. The maximum atomic E-state index is 13.4. The zero-order valence-corrected chi connectivity index (χ0v) is 16.8. The highest BCUT2D eigenvalue weighted by Crippen LogP contribution is 2.23. The SMILES string of the molecule is Cc1nn(-c2ccc(F)cc2)c(-n2cccc2)c1C(=O)NCCCN1CCCC1=O. The molecule has 1 saturated heterocycles. The second-order valence-electron chi connectivity index (χ2n) is 7.36. The molecule has 156 valence electrons. The van der Waals surface area contributed by atoms with Crippen molar-refractivity contribution in [3.8, 4) is 11.5 Å². The number of carbonyl (C=O) groups excluding carboxylic acids is 2. The first-order chi connectivity index (χ1) is 14.5. The summed E-state index contributed by atoms with van der Waals surface area (Å²) < 4.78 is 16.8. The molecular weight excluding hydrogens is 385 g/mol. The van der Waals surface area contributed by atoms with E-state index in [1.807, 2.05) is 34.0 Å². The van der Waals surface area contributed by atoms with Gasteiger partial charge in [0.25, 0.3) is 5.91 Å². The van der Waals surface area contributed by atoms with Crippen molar-refractivity contribution in [3.63, 3.8) is 0 Å². The number of rotatable bonds is 7. The molecule has 0 radical (unpaired) electrons. The maximum absolute atomic E-state index is 13.4. The molecule has 8 heteroatoms. The van der Waals surface area contributed by atoms with E-state index in [4.69, 9.17) is 0 Å². The highest BCUT2D eigenvalue weighted by molar-refractivity contribution is 5.98. The van der Waals surface area contributed by atoms with Crippen molar-refractivity contribution in [2.24, 2.45) is 0 Å². The van der Waals surface area contributed by atoms with Crippen LogP contribution in [0.2, 0.25) is 0 Å². The lowest BCUT2D eigenvalue weighted by atomic mass is 10.2. The van der Waals surface area contributed by atoms with E-state index in [-0.39, 0.29) is 17.6 Å². The summed E-state index contributed by atoms with van der Waals surface area (Å²) in [6.45, 7) is 3.70. The fraction of sp³-hybridized carbons (Fsp3) is 0.318. The zero-order chi connectivity index (χ0) is 21.1. The molecule has 0 unspecified atom stereocenters. The summed E-state index contributed by atoms with van der Waals surface area (Å²) in [7, 11) is 0. The Morgan fingerprint density at radius 2 is 1.93 bits per heavy atom. The van der Waals surface area contributed by atoms with E-state index in [2.05, 4.69) is 10.4 Å². The number of aryl methyl sites for hydroxylation is 1. The van der Waals surface area contributed by atoms with Crippen molar-refractivity contribution in [2.45, 2.75) is 26.2 Å². The van der Waals surface area contributed by atoms with Gasteiger partial charge >= 0.3 is 0 Å². The van der Waals surface area contributed by atoms with Crippen LogP contribution in [0.25, 0.3) is 11.5 Å². The van der Waals surface area contributed by atoms with Crippen molar-refractivity contribution in [3.05, 3.63) is 65.9 Å². The molecule has 3 heterocycles. The third-order valence-corrected chi connectivity index (χ3v) is 5.25. The Balaban J connectivity index is 1.55. The molecular formula is C22H24FN5O2. The fourth-order valence-corrected chi connectivity index (χ4v) is 3.76. The van der Waals surface area contributed by atoms with Crippen LogP contribution in [-0.4, -0.2) is 50.7 Å². The zero-order valence-electron chi connectivity index (χ0n) is 16.8. The van der Waals surface area contributed by atoms with Gasteiger partial charge in [0.15, 0.2) is 5.82 Å². The molecule has 0 spiro atoms. The Labute approximate surface area is 174 Å². The van der Waals surface area contributed by atoms with Gasteiger partial charge in [-0.25, -0.2) is 9.07 Å². The molecule has 1 aromatic carbocycles. The van der Waals surface area contributed by atoms with E-state index >= 15 is 0 Å². The number of carbonyl (C=O) groups is 2. The van der Waals surface area contributed by atoms with E-state index in [1.165, 1.54) is 12.1 Å². The van der Waals surface area contributed by atoms with Crippen LogP contribution in [-0.2, 0) is 4.79 Å². The van der Waals surface area contributed by atoms with Crippen molar-refractivity contribution in [1.29, 1.82) is 0 Å². The van der Waals surface area contributed by atoms with Crippen molar-refractivity contribution in [1.82, 2.24) is 24.6 Å². The minimum Gasteiger partial charge on any atom is -0.352 e. The molecule has 1 aliphatic rings. The largest absolute Gasteiger partial charge is 0.352 e. The monoisotopic (exact) mass is 409 g/mol. The lowest BCUT2D eigenvalue weighted by molar-refractivity contribution is -0.127. The topological polar surface area (TPSA) is 72.2 Å². The van der Waals surface area contributed by atoms with Crippen molar-refractivity contribution < 1.29 is 14.0 Å². The van der Waals surface area contributed by atoms with Gasteiger partial charge in [-0.1, -0.05) is 0 Å². The van der Waals surface area contributed by atoms with E-state index < -0.39 is 0 Å². The van der Waals surface area contributed by atoms with Gasteiger partial charge in [-0.3, -0.25) is 9.59 Å². The molecule has 7 nitrogen and oxygen atoms in total. The lowest BCUT2D eigenvalue weighted by Crippen LogP contribution is -2.31.